The van der Waals surface area contributed by atoms with Crippen molar-refractivity contribution in [3.05, 3.63) is 35.4 Å². The quantitative estimate of drug-likeness (QED) is 0.788. The molecule has 0 heterocycles. The summed E-state index contributed by atoms with van der Waals surface area (Å²) in [5.74, 6) is -0.495. The van der Waals surface area contributed by atoms with E-state index in [2.05, 4.69) is 18.7 Å². The molecule has 1 atom stereocenters. The van der Waals surface area contributed by atoms with Crippen molar-refractivity contribution >= 4 is 0 Å². The number of benzene rings is 1. The van der Waals surface area contributed by atoms with Gasteiger partial charge in [0.2, 0.25) is 0 Å². The summed E-state index contributed by atoms with van der Waals surface area (Å²) in [6.45, 7) is 8.05. The molecule has 0 saturated heterocycles. The van der Waals surface area contributed by atoms with Crippen LogP contribution in [0.4, 0.5) is 8.78 Å². The lowest BCUT2D eigenvalue weighted by Crippen LogP contribution is -2.38. The number of nitrogens with zero attached hydrogens (tertiary/aromatic N) is 1. The average Bonchev–Trinajstić information content (AvgIpc) is 2.45. The molecule has 1 unspecified atom stereocenters. The van der Waals surface area contributed by atoms with Crippen LogP contribution in [0, 0.1) is 17.6 Å². The first-order chi connectivity index (χ1) is 9.58. The van der Waals surface area contributed by atoms with Crippen LogP contribution in [-0.2, 0) is 0 Å². The second kappa shape index (κ2) is 8.32. The molecule has 0 fully saturated rings. The van der Waals surface area contributed by atoms with Crippen molar-refractivity contribution in [2.45, 2.75) is 39.7 Å². The Morgan fingerprint density at radius 2 is 1.65 bits per heavy atom. The fraction of sp³-hybridized carbons (Fsp3) is 0.625. The predicted octanol–water partition coefficient (Wildman–Crippen LogP) is 3.72. The van der Waals surface area contributed by atoms with Gasteiger partial charge in [-0.3, -0.25) is 4.90 Å². The highest BCUT2D eigenvalue weighted by Gasteiger charge is 2.25. The van der Waals surface area contributed by atoms with Gasteiger partial charge in [-0.05, 0) is 24.6 Å². The van der Waals surface area contributed by atoms with Crippen LogP contribution in [-0.4, -0.2) is 24.5 Å². The Bertz CT molecular complexity index is 385. The SMILES string of the molecule is CCC(CC)CN(CC)C(CN)c1c(F)cccc1F. The van der Waals surface area contributed by atoms with Crippen molar-refractivity contribution in [3.8, 4) is 0 Å². The van der Waals surface area contributed by atoms with Crippen LogP contribution < -0.4 is 5.73 Å². The van der Waals surface area contributed by atoms with E-state index in [0.717, 1.165) is 25.9 Å². The number of hydrogen-bond acceptors (Lipinski definition) is 2. The topological polar surface area (TPSA) is 29.3 Å². The molecule has 4 heteroatoms. The van der Waals surface area contributed by atoms with E-state index in [1.165, 1.54) is 18.2 Å². The van der Waals surface area contributed by atoms with E-state index in [0.29, 0.717) is 5.92 Å². The molecular weight excluding hydrogens is 258 g/mol. The second-order valence-corrected chi connectivity index (χ2v) is 5.16. The lowest BCUT2D eigenvalue weighted by molar-refractivity contribution is 0.168. The van der Waals surface area contributed by atoms with Crippen molar-refractivity contribution in [2.24, 2.45) is 11.7 Å². The lowest BCUT2D eigenvalue weighted by Gasteiger charge is -2.33. The maximum Gasteiger partial charge on any atom is 0.130 e. The fourth-order valence-corrected chi connectivity index (χ4v) is 2.63. The third kappa shape index (κ3) is 4.00. The summed E-state index contributed by atoms with van der Waals surface area (Å²) >= 11 is 0. The standard InChI is InChI=1S/C16H26F2N2/c1-4-12(5-2)11-20(6-3)15(10-19)16-13(17)8-7-9-14(16)18/h7-9,12,15H,4-6,10-11,19H2,1-3H3. The van der Waals surface area contributed by atoms with Crippen LogP contribution in [0.15, 0.2) is 18.2 Å². The first kappa shape index (κ1) is 17.1. The highest BCUT2D eigenvalue weighted by atomic mass is 19.1. The van der Waals surface area contributed by atoms with Gasteiger partial charge in [0, 0.05) is 18.7 Å². The Morgan fingerprint density at radius 1 is 1.10 bits per heavy atom. The molecule has 1 aromatic carbocycles. The number of rotatable bonds is 8. The van der Waals surface area contributed by atoms with Gasteiger partial charge >= 0.3 is 0 Å². The molecule has 0 saturated carbocycles. The normalized spacial score (nSPS) is 13.2. The largest absolute Gasteiger partial charge is 0.329 e. The maximum atomic E-state index is 14.0. The van der Waals surface area contributed by atoms with Gasteiger partial charge in [0.25, 0.3) is 0 Å². The number of halogens is 2. The van der Waals surface area contributed by atoms with E-state index in [1.54, 1.807) is 0 Å². The Labute approximate surface area is 121 Å². The summed E-state index contributed by atoms with van der Waals surface area (Å²) in [5.41, 5.74) is 5.90. The highest BCUT2D eigenvalue weighted by molar-refractivity contribution is 5.24. The van der Waals surface area contributed by atoms with Crippen molar-refractivity contribution in [2.75, 3.05) is 19.6 Å². The first-order valence-electron chi connectivity index (χ1n) is 7.46. The molecule has 114 valence electrons. The zero-order chi connectivity index (χ0) is 15.1. The average molecular weight is 284 g/mol. The molecule has 0 spiro atoms. The summed E-state index contributed by atoms with van der Waals surface area (Å²) in [6, 6.07) is 3.58. The monoisotopic (exact) mass is 284 g/mol. The predicted molar refractivity (Wildman–Crippen MR) is 79.5 cm³/mol. The zero-order valence-corrected chi connectivity index (χ0v) is 12.7. The molecule has 0 aromatic heterocycles. The fourth-order valence-electron chi connectivity index (χ4n) is 2.63. The Kier molecular flexibility index (Phi) is 7.10. The van der Waals surface area contributed by atoms with E-state index in [9.17, 15) is 8.78 Å². The summed E-state index contributed by atoms with van der Waals surface area (Å²) in [7, 11) is 0. The van der Waals surface area contributed by atoms with Crippen molar-refractivity contribution < 1.29 is 8.78 Å². The molecule has 0 aliphatic heterocycles. The van der Waals surface area contributed by atoms with Crippen LogP contribution in [0.3, 0.4) is 0 Å². The van der Waals surface area contributed by atoms with E-state index in [4.69, 9.17) is 5.73 Å². The molecule has 2 N–H and O–H groups in total. The Balaban J connectivity index is 3.03. The Morgan fingerprint density at radius 3 is 2.05 bits per heavy atom. The van der Waals surface area contributed by atoms with E-state index in [1.807, 2.05) is 6.92 Å². The van der Waals surface area contributed by atoms with Gasteiger partial charge in [-0.2, -0.15) is 0 Å². The van der Waals surface area contributed by atoms with Gasteiger partial charge in [0.15, 0.2) is 0 Å². The second-order valence-electron chi connectivity index (χ2n) is 5.16. The van der Waals surface area contributed by atoms with Gasteiger partial charge in [-0.15, -0.1) is 0 Å². The number of hydrogen-bond donors (Lipinski definition) is 1. The van der Waals surface area contributed by atoms with Gasteiger partial charge in [-0.1, -0.05) is 39.7 Å². The minimum absolute atomic E-state index is 0.0998. The van der Waals surface area contributed by atoms with Crippen molar-refractivity contribution in [1.29, 1.82) is 0 Å². The van der Waals surface area contributed by atoms with Crippen LogP contribution in [0.1, 0.15) is 45.2 Å². The third-order valence-electron chi connectivity index (χ3n) is 4.05. The molecule has 0 aliphatic rings. The van der Waals surface area contributed by atoms with Crippen LogP contribution in [0.2, 0.25) is 0 Å². The summed E-state index contributed by atoms with van der Waals surface area (Å²) in [5, 5.41) is 0. The minimum Gasteiger partial charge on any atom is -0.329 e. The van der Waals surface area contributed by atoms with Crippen molar-refractivity contribution in [3.63, 3.8) is 0 Å². The molecular formula is C16H26F2N2. The molecule has 1 aromatic rings. The molecule has 0 bridgehead atoms. The molecule has 0 amide bonds. The molecule has 0 aliphatic carbocycles. The van der Waals surface area contributed by atoms with E-state index in [-0.39, 0.29) is 12.1 Å². The van der Waals surface area contributed by atoms with Gasteiger partial charge in [0.1, 0.15) is 11.6 Å². The summed E-state index contributed by atoms with van der Waals surface area (Å²) < 4.78 is 27.9. The number of likely N-dealkylation sites (N-methyl/N-ethyl adjacent to an activating group) is 1. The van der Waals surface area contributed by atoms with Crippen LogP contribution in [0.5, 0.6) is 0 Å². The van der Waals surface area contributed by atoms with Gasteiger partial charge in [0.05, 0.1) is 6.04 Å². The minimum atomic E-state index is -0.511. The number of nitrogens with two attached hydrogens (primary N) is 1. The molecule has 0 radical (unpaired) electrons. The smallest absolute Gasteiger partial charge is 0.130 e. The molecule has 1 rings (SSSR count). The van der Waals surface area contributed by atoms with Crippen LogP contribution in [0.25, 0.3) is 0 Å². The summed E-state index contributed by atoms with van der Waals surface area (Å²) in [4.78, 5) is 2.08. The maximum absolute atomic E-state index is 14.0. The molecule has 20 heavy (non-hydrogen) atoms. The summed E-state index contributed by atoms with van der Waals surface area (Å²) in [6.07, 6.45) is 2.12. The Hall–Kier alpha value is -1.00. The lowest BCUT2D eigenvalue weighted by atomic mass is 9.99. The van der Waals surface area contributed by atoms with Crippen molar-refractivity contribution in [1.82, 2.24) is 4.90 Å². The third-order valence-corrected chi connectivity index (χ3v) is 4.05. The van der Waals surface area contributed by atoms with Gasteiger partial charge in [-0.25, -0.2) is 8.78 Å². The van der Waals surface area contributed by atoms with Crippen LogP contribution >= 0.6 is 0 Å². The first-order valence-corrected chi connectivity index (χ1v) is 7.46. The molecule has 2 nitrogen and oxygen atoms in total. The zero-order valence-electron chi connectivity index (χ0n) is 12.7. The van der Waals surface area contributed by atoms with E-state index >= 15 is 0 Å². The highest BCUT2D eigenvalue weighted by Crippen LogP contribution is 2.26. The van der Waals surface area contributed by atoms with E-state index < -0.39 is 17.7 Å². The van der Waals surface area contributed by atoms with Gasteiger partial charge < -0.3 is 5.73 Å².